The number of ether oxygens (including phenoxy) is 1. The highest BCUT2D eigenvalue weighted by Crippen LogP contribution is 2.32. The number of aromatic nitrogens is 2. The molecule has 0 radical (unpaired) electrons. The van der Waals surface area contributed by atoms with Crippen molar-refractivity contribution in [3.05, 3.63) is 52.9 Å². The number of aliphatic hydroxyl groups is 1. The van der Waals surface area contributed by atoms with E-state index in [1.54, 1.807) is 17.8 Å². The van der Waals surface area contributed by atoms with Gasteiger partial charge in [0.15, 0.2) is 0 Å². The number of aromatic amines is 2. The SMILES string of the molecule is C.Nc1cc(OCCO)cc2cc(C3=NCC(CN4CCS(=O)CC4)S3)[nH]c12.O.O.S=c1cccc[nH]1. The van der Waals surface area contributed by atoms with Crippen molar-refractivity contribution in [3.8, 4) is 5.75 Å². The summed E-state index contributed by atoms with van der Waals surface area (Å²) in [6, 6.07) is 11.4. The second-order valence-electron chi connectivity index (χ2n) is 7.99. The monoisotopic (exact) mass is 571 g/mol. The number of nitrogens with one attached hydrogen (secondary N) is 2. The molecule has 1 saturated heterocycles. The molecule has 0 amide bonds. The Morgan fingerprint density at radius 3 is 2.62 bits per heavy atom. The van der Waals surface area contributed by atoms with Crippen LogP contribution in [0.3, 0.4) is 0 Å². The number of nitrogens with two attached hydrogens (primary N) is 1. The molecule has 0 aliphatic carbocycles. The lowest BCUT2D eigenvalue weighted by Gasteiger charge is -2.27. The highest BCUT2D eigenvalue weighted by atomic mass is 32.2. The standard InChI is InChI=1S/C18H24N4O3S2.C5H5NS.CH4.2H2O/c19-15-9-13(25-4-3-23)7-12-8-16(21-17(12)15)18-20-10-14(26-18)11-22-1-5-27(24)6-2-22;7-5-3-1-2-4-6-5;;;/h7-9,14,21,23H,1-6,10-11,19H2;1-4H,(H,6,7);1H4;2*1H2. The molecule has 0 bridgehead atoms. The fourth-order valence-corrected chi connectivity index (χ4v) is 6.20. The van der Waals surface area contributed by atoms with E-state index in [1.165, 1.54) is 0 Å². The second-order valence-corrected chi connectivity index (χ2v) is 11.4. The first kappa shape index (κ1) is 32.8. The Morgan fingerprint density at radius 2 is 2.00 bits per heavy atom. The molecule has 1 atom stereocenters. The van der Waals surface area contributed by atoms with Gasteiger partial charge in [-0.15, -0.1) is 0 Å². The van der Waals surface area contributed by atoms with Crippen molar-refractivity contribution in [2.24, 2.45) is 4.99 Å². The number of hydrogen-bond acceptors (Lipinski definition) is 8. The topological polar surface area (TPSA) is 183 Å². The molecule has 3 aromatic rings. The van der Waals surface area contributed by atoms with Gasteiger partial charge in [-0.2, -0.15) is 0 Å². The molecule has 1 fully saturated rings. The summed E-state index contributed by atoms with van der Waals surface area (Å²) in [7, 11) is -0.635. The highest BCUT2D eigenvalue weighted by molar-refractivity contribution is 8.15. The Bertz CT molecular complexity index is 1210. The van der Waals surface area contributed by atoms with Gasteiger partial charge < -0.3 is 41.4 Å². The first-order valence-corrected chi connectivity index (χ1v) is 13.9. The van der Waals surface area contributed by atoms with Gasteiger partial charge in [-0.1, -0.05) is 37.5 Å². The summed E-state index contributed by atoms with van der Waals surface area (Å²) in [5, 5.41) is 11.3. The third-order valence-corrected chi connectivity index (χ3v) is 8.19. The fraction of sp³-hybridized carbons (Fsp3) is 0.417. The summed E-state index contributed by atoms with van der Waals surface area (Å²) in [6.45, 7) is 3.83. The van der Waals surface area contributed by atoms with Gasteiger partial charge in [-0.25, -0.2) is 0 Å². The van der Waals surface area contributed by atoms with Gasteiger partial charge in [0.05, 0.1) is 30.0 Å². The van der Waals surface area contributed by atoms with Crippen LogP contribution in [0.15, 0.2) is 47.6 Å². The molecule has 13 heteroatoms. The third-order valence-electron chi connectivity index (χ3n) is 5.45. The Balaban J connectivity index is 0.000000598. The zero-order valence-electron chi connectivity index (χ0n) is 19.7. The fourth-order valence-electron chi connectivity index (χ4n) is 3.79. The molecular weight excluding hydrogens is 534 g/mol. The molecule has 0 spiro atoms. The normalized spacial score (nSPS) is 17.4. The Kier molecular flexibility index (Phi) is 14.1. The molecular formula is C24H37N5O5S3. The second kappa shape index (κ2) is 15.9. The predicted molar refractivity (Wildman–Crippen MR) is 158 cm³/mol. The Labute approximate surface area is 228 Å². The largest absolute Gasteiger partial charge is 0.491 e. The van der Waals surface area contributed by atoms with Gasteiger partial charge in [-0.3, -0.25) is 9.20 Å². The zero-order chi connectivity index (χ0) is 23.9. The van der Waals surface area contributed by atoms with Crippen LogP contribution in [0.4, 0.5) is 5.69 Å². The molecule has 206 valence electrons. The van der Waals surface area contributed by atoms with Gasteiger partial charge in [0.2, 0.25) is 0 Å². The molecule has 2 aromatic heterocycles. The van der Waals surface area contributed by atoms with Crippen LogP contribution in [0.2, 0.25) is 0 Å². The number of fused-ring (bicyclic) bond motifs is 1. The minimum absolute atomic E-state index is 0. The average molecular weight is 572 g/mol. The average Bonchev–Trinajstić information content (AvgIpc) is 3.47. The van der Waals surface area contributed by atoms with Crippen molar-refractivity contribution in [2.45, 2.75) is 12.7 Å². The van der Waals surface area contributed by atoms with Crippen LogP contribution in [-0.2, 0) is 10.8 Å². The zero-order valence-corrected chi connectivity index (χ0v) is 22.2. The summed E-state index contributed by atoms with van der Waals surface area (Å²) in [5.41, 5.74) is 8.63. The summed E-state index contributed by atoms with van der Waals surface area (Å²) < 4.78 is 17.8. The molecule has 10 nitrogen and oxygen atoms in total. The maximum absolute atomic E-state index is 11.5. The van der Waals surface area contributed by atoms with Crippen LogP contribution in [0.25, 0.3) is 10.9 Å². The first-order valence-electron chi connectivity index (χ1n) is 11.1. The molecule has 37 heavy (non-hydrogen) atoms. The number of aliphatic imine (C=N–C) groups is 1. The van der Waals surface area contributed by atoms with Gasteiger partial charge >= 0.3 is 0 Å². The highest BCUT2D eigenvalue weighted by Gasteiger charge is 2.26. The Morgan fingerprint density at radius 1 is 1.24 bits per heavy atom. The lowest BCUT2D eigenvalue weighted by molar-refractivity contribution is 0.201. The number of aliphatic hydroxyl groups excluding tert-OH is 1. The maximum Gasteiger partial charge on any atom is 0.122 e. The number of hydrogen-bond donors (Lipinski definition) is 4. The van der Waals surface area contributed by atoms with Crippen LogP contribution in [0, 0.1) is 4.64 Å². The van der Waals surface area contributed by atoms with Crippen molar-refractivity contribution < 1.29 is 25.0 Å². The molecule has 1 aromatic carbocycles. The van der Waals surface area contributed by atoms with Crippen molar-refractivity contribution in [1.82, 2.24) is 14.9 Å². The van der Waals surface area contributed by atoms with Gasteiger partial charge in [0, 0.05) is 64.8 Å². The molecule has 2 aliphatic heterocycles. The maximum atomic E-state index is 11.5. The summed E-state index contributed by atoms with van der Waals surface area (Å²) >= 11 is 6.55. The van der Waals surface area contributed by atoms with Gasteiger partial charge in [0.25, 0.3) is 0 Å². The number of pyridine rings is 1. The minimum atomic E-state index is -0.635. The number of nitrogen functional groups attached to an aromatic ring is 1. The molecule has 5 rings (SSSR count). The lowest BCUT2D eigenvalue weighted by Crippen LogP contribution is -2.41. The van der Waals surface area contributed by atoms with E-state index in [-0.39, 0.29) is 31.6 Å². The number of rotatable bonds is 6. The summed E-state index contributed by atoms with van der Waals surface area (Å²) in [4.78, 5) is 13.3. The number of nitrogens with zero attached hydrogens (tertiary/aromatic N) is 2. The predicted octanol–water partition coefficient (Wildman–Crippen LogP) is 1.78. The van der Waals surface area contributed by atoms with Crippen molar-refractivity contribution >= 4 is 56.4 Å². The lowest BCUT2D eigenvalue weighted by atomic mass is 10.2. The van der Waals surface area contributed by atoms with E-state index in [0.29, 0.717) is 16.7 Å². The van der Waals surface area contributed by atoms with Gasteiger partial charge in [-0.05, 0) is 24.3 Å². The Hall–Kier alpha value is -2.26. The van der Waals surface area contributed by atoms with E-state index >= 15 is 0 Å². The number of H-pyrrole nitrogens is 2. The van der Waals surface area contributed by atoms with Crippen LogP contribution in [-0.4, -0.2) is 96.3 Å². The number of anilines is 1. The molecule has 9 N–H and O–H groups in total. The van der Waals surface area contributed by atoms with Crippen LogP contribution >= 0.6 is 24.0 Å². The van der Waals surface area contributed by atoms with Crippen LogP contribution < -0.4 is 10.5 Å². The molecule has 2 aliphatic rings. The van der Waals surface area contributed by atoms with Crippen molar-refractivity contribution in [3.63, 3.8) is 0 Å². The van der Waals surface area contributed by atoms with E-state index in [9.17, 15) is 4.21 Å². The summed E-state index contributed by atoms with van der Waals surface area (Å²) in [6.07, 6.45) is 1.81. The van der Waals surface area contributed by atoms with Gasteiger partial charge in [0.1, 0.15) is 22.0 Å². The minimum Gasteiger partial charge on any atom is -0.491 e. The molecule has 1 unspecified atom stereocenters. The quantitative estimate of drug-likeness (QED) is 0.257. The number of benzene rings is 1. The van der Waals surface area contributed by atoms with Crippen molar-refractivity contribution in [2.75, 3.05) is 56.6 Å². The van der Waals surface area contributed by atoms with E-state index in [1.807, 2.05) is 30.5 Å². The van der Waals surface area contributed by atoms with E-state index in [0.717, 1.165) is 64.0 Å². The van der Waals surface area contributed by atoms with E-state index in [4.69, 9.17) is 32.8 Å². The van der Waals surface area contributed by atoms with Crippen LogP contribution in [0.5, 0.6) is 5.75 Å². The molecule has 4 heterocycles. The summed E-state index contributed by atoms with van der Waals surface area (Å²) in [5.74, 6) is 2.22. The van der Waals surface area contributed by atoms with Crippen molar-refractivity contribution in [1.29, 1.82) is 0 Å². The molecule has 0 saturated carbocycles. The van der Waals surface area contributed by atoms with Crippen LogP contribution in [0.1, 0.15) is 13.1 Å². The van der Waals surface area contributed by atoms with E-state index in [2.05, 4.69) is 20.9 Å². The third kappa shape index (κ3) is 9.21. The smallest absolute Gasteiger partial charge is 0.122 e. The number of thioether (sulfide) groups is 1. The first-order chi connectivity index (χ1) is 16.5. The van der Waals surface area contributed by atoms with E-state index < -0.39 is 10.8 Å².